The Bertz CT molecular complexity index is 339. The van der Waals surface area contributed by atoms with E-state index in [0.717, 1.165) is 32.6 Å². The molecule has 0 bridgehead atoms. The van der Waals surface area contributed by atoms with E-state index in [1.54, 1.807) is 24.0 Å². The van der Waals surface area contributed by atoms with Crippen molar-refractivity contribution in [3.63, 3.8) is 0 Å². The predicted molar refractivity (Wildman–Crippen MR) is 56.6 cm³/mol. The summed E-state index contributed by atoms with van der Waals surface area (Å²) in [6.07, 6.45) is 2.67. The van der Waals surface area contributed by atoms with Crippen LogP contribution in [0.15, 0.2) is 12.3 Å². The van der Waals surface area contributed by atoms with Crippen LogP contribution in [-0.2, 0) is 7.05 Å². The second kappa shape index (κ2) is 4.44. The summed E-state index contributed by atoms with van der Waals surface area (Å²) in [5.74, 6) is 0.0821. The van der Waals surface area contributed by atoms with Gasteiger partial charge in [0.2, 0.25) is 0 Å². The molecule has 1 N–H and O–H groups in total. The first kappa shape index (κ1) is 10.2. The summed E-state index contributed by atoms with van der Waals surface area (Å²) in [5.41, 5.74) is 0.664. The largest absolute Gasteiger partial charge is 0.336 e. The van der Waals surface area contributed by atoms with Gasteiger partial charge in [-0.05, 0) is 19.0 Å². The molecule has 5 nitrogen and oxygen atoms in total. The van der Waals surface area contributed by atoms with E-state index in [1.165, 1.54) is 0 Å². The molecule has 1 fully saturated rings. The maximum Gasteiger partial charge on any atom is 0.272 e. The third kappa shape index (κ3) is 2.18. The van der Waals surface area contributed by atoms with Crippen LogP contribution in [-0.4, -0.2) is 46.8 Å². The summed E-state index contributed by atoms with van der Waals surface area (Å²) < 4.78 is 1.63. The molecular formula is C10H16N4O. The molecular weight excluding hydrogens is 192 g/mol. The number of hydrogen-bond donors (Lipinski definition) is 1. The zero-order valence-corrected chi connectivity index (χ0v) is 8.94. The number of carbonyl (C=O) groups is 1. The lowest BCUT2D eigenvalue weighted by Gasteiger charge is -2.19. The Morgan fingerprint density at radius 3 is 3.07 bits per heavy atom. The van der Waals surface area contributed by atoms with Gasteiger partial charge in [0.25, 0.3) is 5.91 Å². The molecule has 0 spiro atoms. The highest BCUT2D eigenvalue weighted by atomic mass is 16.2. The quantitative estimate of drug-likeness (QED) is 0.698. The Morgan fingerprint density at radius 2 is 2.33 bits per heavy atom. The molecule has 0 aliphatic carbocycles. The number of nitrogens with one attached hydrogen (secondary N) is 1. The zero-order valence-electron chi connectivity index (χ0n) is 8.94. The summed E-state index contributed by atoms with van der Waals surface area (Å²) >= 11 is 0. The van der Waals surface area contributed by atoms with Crippen molar-refractivity contribution in [1.82, 2.24) is 20.0 Å². The molecule has 0 radical (unpaired) electrons. The molecule has 2 rings (SSSR count). The van der Waals surface area contributed by atoms with E-state index in [1.807, 2.05) is 4.90 Å². The van der Waals surface area contributed by atoms with Crippen LogP contribution in [0.2, 0.25) is 0 Å². The number of carbonyl (C=O) groups excluding carboxylic acids is 1. The van der Waals surface area contributed by atoms with Crippen molar-refractivity contribution in [2.45, 2.75) is 6.42 Å². The number of aryl methyl sites for hydroxylation is 1. The first-order chi connectivity index (χ1) is 7.29. The maximum atomic E-state index is 12.1. The minimum Gasteiger partial charge on any atom is -0.336 e. The minimum absolute atomic E-state index is 0.0821. The fourth-order valence-electron chi connectivity index (χ4n) is 1.79. The fourth-order valence-corrected chi connectivity index (χ4v) is 1.79. The van der Waals surface area contributed by atoms with Gasteiger partial charge in [-0.2, -0.15) is 5.10 Å². The number of amides is 1. The monoisotopic (exact) mass is 208 g/mol. The van der Waals surface area contributed by atoms with Crippen LogP contribution in [0.5, 0.6) is 0 Å². The smallest absolute Gasteiger partial charge is 0.272 e. The molecule has 5 heteroatoms. The van der Waals surface area contributed by atoms with Crippen LogP contribution in [0.4, 0.5) is 0 Å². The van der Waals surface area contributed by atoms with Gasteiger partial charge in [-0.3, -0.25) is 9.48 Å². The average Bonchev–Trinajstić information content (AvgIpc) is 2.53. The van der Waals surface area contributed by atoms with E-state index in [0.29, 0.717) is 5.69 Å². The predicted octanol–water partition coefficient (Wildman–Crippen LogP) is -0.144. The highest BCUT2D eigenvalue weighted by Gasteiger charge is 2.19. The van der Waals surface area contributed by atoms with Crippen LogP contribution in [0.1, 0.15) is 16.9 Å². The lowest BCUT2D eigenvalue weighted by Crippen LogP contribution is -2.35. The second-order valence-electron chi connectivity index (χ2n) is 3.74. The molecule has 0 saturated carbocycles. The number of hydrogen-bond acceptors (Lipinski definition) is 3. The van der Waals surface area contributed by atoms with E-state index in [-0.39, 0.29) is 5.91 Å². The molecule has 82 valence electrons. The summed E-state index contributed by atoms with van der Waals surface area (Å²) in [4.78, 5) is 14.0. The molecule has 1 aliphatic rings. The Morgan fingerprint density at radius 1 is 1.47 bits per heavy atom. The molecule has 15 heavy (non-hydrogen) atoms. The van der Waals surface area contributed by atoms with Gasteiger partial charge in [-0.25, -0.2) is 0 Å². The molecule has 2 heterocycles. The summed E-state index contributed by atoms with van der Waals surface area (Å²) in [5, 5.41) is 7.29. The van der Waals surface area contributed by atoms with Gasteiger partial charge in [0, 0.05) is 32.9 Å². The molecule has 1 aliphatic heterocycles. The van der Waals surface area contributed by atoms with Crippen molar-refractivity contribution in [3.05, 3.63) is 18.0 Å². The van der Waals surface area contributed by atoms with Gasteiger partial charge in [0.05, 0.1) is 0 Å². The van der Waals surface area contributed by atoms with Crippen molar-refractivity contribution in [2.75, 3.05) is 26.2 Å². The standard InChI is InChI=1S/C10H16N4O/c1-13-9(3-5-12-13)10(15)14-7-2-4-11-6-8-14/h3,5,11H,2,4,6-8H2,1H3. The lowest BCUT2D eigenvalue weighted by molar-refractivity contribution is 0.0755. The van der Waals surface area contributed by atoms with Gasteiger partial charge in [-0.1, -0.05) is 0 Å². The highest BCUT2D eigenvalue weighted by molar-refractivity contribution is 5.92. The molecule has 0 atom stereocenters. The van der Waals surface area contributed by atoms with Crippen molar-refractivity contribution >= 4 is 5.91 Å². The SMILES string of the molecule is Cn1nccc1C(=O)N1CCCNCC1. The summed E-state index contributed by atoms with van der Waals surface area (Å²) in [6, 6.07) is 1.76. The van der Waals surface area contributed by atoms with Crippen LogP contribution in [0.25, 0.3) is 0 Å². The van der Waals surface area contributed by atoms with Gasteiger partial charge in [0.1, 0.15) is 5.69 Å². The second-order valence-corrected chi connectivity index (χ2v) is 3.74. The highest BCUT2D eigenvalue weighted by Crippen LogP contribution is 2.05. The minimum atomic E-state index is 0.0821. The Kier molecular flexibility index (Phi) is 3.01. The van der Waals surface area contributed by atoms with Gasteiger partial charge < -0.3 is 10.2 Å². The van der Waals surface area contributed by atoms with Gasteiger partial charge >= 0.3 is 0 Å². The third-order valence-electron chi connectivity index (χ3n) is 2.67. The number of rotatable bonds is 1. The number of aromatic nitrogens is 2. The van der Waals surface area contributed by atoms with Gasteiger partial charge in [-0.15, -0.1) is 0 Å². The van der Waals surface area contributed by atoms with Crippen molar-refractivity contribution in [3.8, 4) is 0 Å². The Labute approximate surface area is 89.1 Å². The normalized spacial score (nSPS) is 17.5. The summed E-state index contributed by atoms with van der Waals surface area (Å²) in [6.45, 7) is 3.49. The van der Waals surface area contributed by atoms with Crippen molar-refractivity contribution in [2.24, 2.45) is 7.05 Å². The van der Waals surface area contributed by atoms with Gasteiger partial charge in [0.15, 0.2) is 0 Å². The van der Waals surface area contributed by atoms with E-state index >= 15 is 0 Å². The van der Waals surface area contributed by atoms with Crippen LogP contribution in [0, 0.1) is 0 Å². The van der Waals surface area contributed by atoms with Crippen LogP contribution >= 0.6 is 0 Å². The van der Waals surface area contributed by atoms with E-state index in [2.05, 4.69) is 10.4 Å². The topological polar surface area (TPSA) is 50.2 Å². The number of nitrogens with zero attached hydrogens (tertiary/aromatic N) is 3. The fraction of sp³-hybridized carbons (Fsp3) is 0.600. The zero-order chi connectivity index (χ0) is 10.7. The lowest BCUT2D eigenvalue weighted by atomic mass is 10.3. The van der Waals surface area contributed by atoms with Crippen molar-refractivity contribution in [1.29, 1.82) is 0 Å². The molecule has 1 aromatic rings. The van der Waals surface area contributed by atoms with Crippen LogP contribution in [0.3, 0.4) is 0 Å². The van der Waals surface area contributed by atoms with Crippen molar-refractivity contribution < 1.29 is 4.79 Å². The first-order valence-electron chi connectivity index (χ1n) is 5.27. The Hall–Kier alpha value is -1.36. The molecule has 0 unspecified atom stereocenters. The molecule has 1 amide bonds. The molecule has 1 aromatic heterocycles. The first-order valence-corrected chi connectivity index (χ1v) is 5.27. The van der Waals surface area contributed by atoms with E-state index in [9.17, 15) is 4.79 Å². The van der Waals surface area contributed by atoms with E-state index in [4.69, 9.17) is 0 Å². The average molecular weight is 208 g/mol. The molecule has 1 saturated heterocycles. The summed E-state index contributed by atoms with van der Waals surface area (Å²) in [7, 11) is 1.79. The Balaban J connectivity index is 2.09. The third-order valence-corrected chi connectivity index (χ3v) is 2.67. The maximum absolute atomic E-state index is 12.1. The molecule has 0 aromatic carbocycles. The van der Waals surface area contributed by atoms with E-state index < -0.39 is 0 Å². The van der Waals surface area contributed by atoms with Crippen LogP contribution < -0.4 is 5.32 Å².